The third kappa shape index (κ3) is 5.21. The Kier molecular flexibility index (Phi) is 5.11. The van der Waals surface area contributed by atoms with E-state index in [1.165, 1.54) is 6.92 Å². The topological polar surface area (TPSA) is 20.3 Å². The molecule has 1 aliphatic heterocycles. The van der Waals surface area contributed by atoms with Gasteiger partial charge in [-0.25, -0.2) is 0 Å². The minimum absolute atomic E-state index is 0.0147. The van der Waals surface area contributed by atoms with Crippen molar-refractivity contribution < 1.29 is 18.0 Å². The first kappa shape index (κ1) is 13.8. The molecule has 94 valence electrons. The van der Waals surface area contributed by atoms with E-state index >= 15 is 0 Å². The molecule has 6 heteroatoms. The summed E-state index contributed by atoms with van der Waals surface area (Å²) in [6, 6.07) is 0.159. The number of nitrogens with zero attached hydrogens (tertiary/aromatic N) is 1. The third-order valence-corrected chi connectivity index (χ3v) is 3.38. The Morgan fingerprint density at radius 3 is 2.75 bits per heavy atom. The molecule has 2 nitrogen and oxygen atoms in total. The van der Waals surface area contributed by atoms with Gasteiger partial charge in [-0.1, -0.05) is 0 Å². The fourth-order valence-electron chi connectivity index (χ4n) is 2.03. The SMILES string of the molecule is CC(=O)CC1CCCN1CCSC(F)(F)F. The van der Waals surface area contributed by atoms with Crippen molar-refractivity contribution in [2.75, 3.05) is 18.8 Å². The summed E-state index contributed by atoms with van der Waals surface area (Å²) in [7, 11) is 0. The van der Waals surface area contributed by atoms with Crippen LogP contribution in [-0.2, 0) is 4.79 Å². The first-order chi connectivity index (χ1) is 7.38. The minimum atomic E-state index is -4.14. The molecular formula is C10H16F3NOS. The molecule has 16 heavy (non-hydrogen) atoms. The predicted molar refractivity (Wildman–Crippen MR) is 58.4 cm³/mol. The smallest absolute Gasteiger partial charge is 0.300 e. The van der Waals surface area contributed by atoms with Crippen molar-refractivity contribution in [3.05, 3.63) is 0 Å². The van der Waals surface area contributed by atoms with Gasteiger partial charge >= 0.3 is 5.51 Å². The normalized spacial score (nSPS) is 22.6. The van der Waals surface area contributed by atoms with E-state index in [1.54, 1.807) is 0 Å². The van der Waals surface area contributed by atoms with Crippen molar-refractivity contribution in [2.45, 2.75) is 37.7 Å². The average Bonchev–Trinajstić information content (AvgIpc) is 2.49. The zero-order valence-electron chi connectivity index (χ0n) is 9.22. The van der Waals surface area contributed by atoms with Crippen LogP contribution in [0.4, 0.5) is 13.2 Å². The van der Waals surface area contributed by atoms with Gasteiger partial charge in [-0.05, 0) is 38.1 Å². The van der Waals surface area contributed by atoms with Crippen molar-refractivity contribution >= 4 is 17.5 Å². The number of halogens is 3. The van der Waals surface area contributed by atoms with Crippen LogP contribution in [0, 0.1) is 0 Å². The summed E-state index contributed by atoms with van der Waals surface area (Å²) < 4.78 is 35.8. The molecule has 1 fully saturated rings. The van der Waals surface area contributed by atoms with Crippen LogP contribution >= 0.6 is 11.8 Å². The molecule has 1 rings (SSSR count). The second kappa shape index (κ2) is 5.91. The number of hydrogen-bond donors (Lipinski definition) is 0. The molecule has 0 N–H and O–H groups in total. The summed E-state index contributed by atoms with van der Waals surface area (Å²) in [4.78, 5) is 13.0. The van der Waals surface area contributed by atoms with Crippen LogP contribution in [-0.4, -0.2) is 41.1 Å². The third-order valence-electron chi connectivity index (χ3n) is 2.67. The van der Waals surface area contributed by atoms with Gasteiger partial charge in [0.15, 0.2) is 0 Å². The summed E-state index contributed by atoms with van der Waals surface area (Å²) in [5.74, 6) is 0.165. The molecule has 1 unspecified atom stereocenters. The van der Waals surface area contributed by atoms with Gasteiger partial charge in [-0.15, -0.1) is 0 Å². The number of ketones is 1. The Morgan fingerprint density at radius 1 is 1.50 bits per heavy atom. The lowest BCUT2D eigenvalue weighted by Crippen LogP contribution is -2.33. The number of carbonyl (C=O) groups excluding carboxylic acids is 1. The molecule has 0 saturated carbocycles. The zero-order valence-corrected chi connectivity index (χ0v) is 10.0. The lowest BCUT2D eigenvalue weighted by Gasteiger charge is -2.23. The van der Waals surface area contributed by atoms with E-state index in [-0.39, 0.29) is 29.3 Å². The average molecular weight is 255 g/mol. The standard InChI is InChI=1S/C10H16F3NOS/c1-8(15)7-9-3-2-4-14(9)5-6-16-10(11,12)13/h9H,2-7H2,1H3. The highest BCUT2D eigenvalue weighted by atomic mass is 32.2. The van der Waals surface area contributed by atoms with Gasteiger partial charge in [0.2, 0.25) is 0 Å². The van der Waals surface area contributed by atoms with Crippen molar-refractivity contribution in [3.8, 4) is 0 Å². The van der Waals surface area contributed by atoms with Gasteiger partial charge in [0.1, 0.15) is 5.78 Å². The van der Waals surface area contributed by atoms with Crippen molar-refractivity contribution in [3.63, 3.8) is 0 Å². The van der Waals surface area contributed by atoms with E-state index in [2.05, 4.69) is 0 Å². The molecule has 1 aliphatic rings. The fourth-order valence-corrected chi connectivity index (χ4v) is 2.59. The van der Waals surface area contributed by atoms with Crippen LogP contribution in [0.2, 0.25) is 0 Å². The maximum absolute atomic E-state index is 11.9. The van der Waals surface area contributed by atoms with E-state index in [4.69, 9.17) is 0 Å². The maximum Gasteiger partial charge on any atom is 0.441 e. The first-order valence-electron chi connectivity index (χ1n) is 5.32. The van der Waals surface area contributed by atoms with E-state index in [9.17, 15) is 18.0 Å². The maximum atomic E-state index is 11.9. The number of thioether (sulfide) groups is 1. The molecule has 0 aromatic rings. The predicted octanol–water partition coefficient (Wildman–Crippen LogP) is 2.68. The van der Waals surface area contributed by atoms with Crippen molar-refractivity contribution in [1.82, 2.24) is 4.90 Å². The van der Waals surface area contributed by atoms with E-state index < -0.39 is 5.51 Å². The second-order valence-corrected chi connectivity index (χ2v) is 5.19. The Morgan fingerprint density at radius 2 is 2.19 bits per heavy atom. The molecular weight excluding hydrogens is 239 g/mol. The molecule has 0 radical (unpaired) electrons. The lowest BCUT2D eigenvalue weighted by atomic mass is 10.1. The summed E-state index contributed by atoms with van der Waals surface area (Å²) >= 11 is 0.0147. The van der Waals surface area contributed by atoms with Gasteiger partial charge < -0.3 is 0 Å². The first-order valence-corrected chi connectivity index (χ1v) is 6.31. The van der Waals surface area contributed by atoms with Gasteiger partial charge in [-0.3, -0.25) is 9.69 Å². The monoisotopic (exact) mass is 255 g/mol. The molecule has 1 heterocycles. The van der Waals surface area contributed by atoms with Gasteiger partial charge in [0.05, 0.1) is 0 Å². The highest BCUT2D eigenvalue weighted by Crippen LogP contribution is 2.30. The molecule has 0 spiro atoms. The Balaban J connectivity index is 2.27. The van der Waals surface area contributed by atoms with Crippen LogP contribution in [0.1, 0.15) is 26.2 Å². The van der Waals surface area contributed by atoms with Gasteiger partial charge in [-0.2, -0.15) is 13.2 Å². The van der Waals surface area contributed by atoms with Gasteiger partial charge in [0.25, 0.3) is 0 Å². The molecule has 0 amide bonds. The van der Waals surface area contributed by atoms with Crippen molar-refractivity contribution in [2.24, 2.45) is 0 Å². The Labute approximate surface area is 97.6 Å². The highest BCUT2D eigenvalue weighted by molar-refractivity contribution is 8.00. The summed E-state index contributed by atoms with van der Waals surface area (Å²) in [6.07, 6.45) is 2.38. The van der Waals surface area contributed by atoms with E-state index in [0.717, 1.165) is 19.4 Å². The number of carbonyl (C=O) groups is 1. The van der Waals surface area contributed by atoms with Crippen LogP contribution in [0.25, 0.3) is 0 Å². The molecule has 1 saturated heterocycles. The largest absolute Gasteiger partial charge is 0.441 e. The number of rotatable bonds is 5. The molecule has 0 aromatic heterocycles. The van der Waals surface area contributed by atoms with Crippen LogP contribution in [0.3, 0.4) is 0 Å². The van der Waals surface area contributed by atoms with Crippen LogP contribution in [0.5, 0.6) is 0 Å². The Hall–Kier alpha value is -0.230. The quantitative estimate of drug-likeness (QED) is 0.753. The summed E-state index contributed by atoms with van der Waals surface area (Å²) in [5.41, 5.74) is -4.14. The van der Waals surface area contributed by atoms with Gasteiger partial charge in [0, 0.05) is 24.8 Å². The molecule has 1 atom stereocenters. The molecule has 0 bridgehead atoms. The number of hydrogen-bond acceptors (Lipinski definition) is 3. The van der Waals surface area contributed by atoms with Crippen molar-refractivity contribution in [1.29, 1.82) is 0 Å². The lowest BCUT2D eigenvalue weighted by molar-refractivity contribution is -0.118. The second-order valence-electron chi connectivity index (χ2n) is 4.03. The molecule has 0 aliphatic carbocycles. The molecule has 0 aromatic carbocycles. The van der Waals surface area contributed by atoms with Crippen LogP contribution in [0.15, 0.2) is 0 Å². The fraction of sp³-hybridized carbons (Fsp3) is 0.900. The summed E-state index contributed by atoms with van der Waals surface area (Å²) in [6.45, 7) is 2.76. The number of likely N-dealkylation sites (tertiary alicyclic amines) is 1. The number of Topliss-reactive ketones (excluding diaryl/α,β-unsaturated/α-hetero) is 1. The highest BCUT2D eigenvalue weighted by Gasteiger charge is 2.30. The Bertz CT molecular complexity index is 245. The summed E-state index contributed by atoms with van der Waals surface area (Å²) in [5, 5.41) is 0. The minimum Gasteiger partial charge on any atom is -0.300 e. The number of alkyl halides is 3. The van der Waals surface area contributed by atoms with E-state index in [0.29, 0.717) is 13.0 Å². The van der Waals surface area contributed by atoms with Crippen LogP contribution < -0.4 is 0 Å². The van der Waals surface area contributed by atoms with E-state index in [1.807, 2.05) is 4.90 Å². The zero-order chi connectivity index (χ0) is 12.2.